The first kappa shape index (κ1) is 16.4. The van der Waals surface area contributed by atoms with E-state index in [-0.39, 0.29) is 12.2 Å². The summed E-state index contributed by atoms with van der Waals surface area (Å²) in [6.45, 7) is 3.52. The van der Waals surface area contributed by atoms with Crippen LogP contribution < -0.4 is 4.74 Å². The van der Waals surface area contributed by atoms with E-state index in [1.165, 1.54) is 11.3 Å². The number of carboxylic acids is 1. The molecule has 0 aliphatic rings. The molecule has 7 heteroatoms. The molecule has 1 aromatic carbocycles. The minimum Gasteiger partial charge on any atom is -0.493 e. The van der Waals surface area contributed by atoms with Crippen LogP contribution in [0.3, 0.4) is 0 Å². The second-order valence-electron chi connectivity index (χ2n) is 5.58. The number of carboxylic acid groups (broad SMARTS) is 1. The zero-order chi connectivity index (χ0) is 17.4. The number of hydrogen-bond acceptors (Lipinski definition) is 6. The van der Waals surface area contributed by atoms with Crippen LogP contribution in [0, 0.1) is 12.8 Å². The van der Waals surface area contributed by atoms with Gasteiger partial charge in [0.05, 0.1) is 17.9 Å². The minimum atomic E-state index is -0.942. The van der Waals surface area contributed by atoms with Gasteiger partial charge in [0.25, 0.3) is 0 Å². The minimum absolute atomic E-state index is 0.00320. The molecule has 0 bridgehead atoms. The maximum atomic E-state index is 12.5. The third-order valence-electron chi connectivity index (χ3n) is 4.00. The molecular weight excluding hydrogens is 330 g/mol. The Balaban J connectivity index is 2.06. The number of benzene rings is 1. The lowest BCUT2D eigenvalue weighted by atomic mass is 9.99. The van der Waals surface area contributed by atoms with Crippen LogP contribution in [0.4, 0.5) is 0 Å². The molecule has 0 amide bonds. The highest BCUT2D eigenvalue weighted by molar-refractivity contribution is 7.21. The van der Waals surface area contributed by atoms with E-state index >= 15 is 0 Å². The standard InChI is InChI=1S/C17H17NO5S/c1-4-9(17(20)21)5-11(19)14-6-10-13(24-14)7-12(22-3)16-15(10)18-8(2)23-16/h6-7,9H,4-5H2,1-3H3,(H,20,21). The molecule has 3 aromatic rings. The van der Waals surface area contributed by atoms with E-state index in [0.29, 0.717) is 34.0 Å². The van der Waals surface area contributed by atoms with Crippen LogP contribution in [0.15, 0.2) is 16.5 Å². The number of carbonyl (C=O) groups excluding carboxylic acids is 1. The Hall–Kier alpha value is -2.41. The van der Waals surface area contributed by atoms with Gasteiger partial charge in [0, 0.05) is 29.5 Å². The van der Waals surface area contributed by atoms with E-state index in [0.717, 1.165) is 10.1 Å². The van der Waals surface area contributed by atoms with Crippen molar-refractivity contribution in [3.63, 3.8) is 0 Å². The molecule has 6 nitrogen and oxygen atoms in total. The summed E-state index contributed by atoms with van der Waals surface area (Å²) < 4.78 is 11.8. The van der Waals surface area contributed by atoms with Crippen LogP contribution in [0.5, 0.6) is 5.75 Å². The average molecular weight is 347 g/mol. The van der Waals surface area contributed by atoms with E-state index in [9.17, 15) is 9.59 Å². The molecule has 0 aliphatic carbocycles. The molecular formula is C17H17NO5S. The largest absolute Gasteiger partial charge is 0.493 e. The number of nitrogens with zero attached hydrogens (tertiary/aromatic N) is 1. The molecule has 1 unspecified atom stereocenters. The molecule has 1 N–H and O–H groups in total. The van der Waals surface area contributed by atoms with Crippen molar-refractivity contribution in [3.05, 3.63) is 22.9 Å². The third kappa shape index (κ3) is 2.75. The SMILES string of the molecule is CCC(CC(=O)c1cc2c(cc(OC)c3oc(C)nc32)s1)C(=O)O. The Morgan fingerprint density at radius 2 is 2.17 bits per heavy atom. The van der Waals surface area contributed by atoms with Crippen LogP contribution in [0.2, 0.25) is 0 Å². The number of methoxy groups -OCH3 is 1. The number of oxazole rings is 1. The number of Topliss-reactive ketones (excluding diaryl/α,β-unsaturated/α-hetero) is 1. The summed E-state index contributed by atoms with van der Waals surface area (Å²) in [6, 6.07) is 3.58. The number of aromatic nitrogens is 1. The van der Waals surface area contributed by atoms with Gasteiger partial charge in [0.1, 0.15) is 5.52 Å². The highest BCUT2D eigenvalue weighted by Gasteiger charge is 2.23. The van der Waals surface area contributed by atoms with Gasteiger partial charge in [-0.1, -0.05) is 6.92 Å². The molecule has 0 aliphatic heterocycles. The fraction of sp³-hybridized carbons (Fsp3) is 0.353. The second kappa shape index (κ2) is 6.24. The Bertz CT molecular complexity index is 939. The van der Waals surface area contributed by atoms with Crippen LogP contribution in [-0.2, 0) is 4.79 Å². The van der Waals surface area contributed by atoms with Gasteiger partial charge < -0.3 is 14.3 Å². The molecule has 1 atom stereocenters. The zero-order valence-electron chi connectivity index (χ0n) is 13.6. The van der Waals surface area contributed by atoms with E-state index < -0.39 is 11.9 Å². The lowest BCUT2D eigenvalue weighted by molar-refractivity contribution is -0.141. The maximum Gasteiger partial charge on any atom is 0.306 e. The van der Waals surface area contributed by atoms with Crippen molar-refractivity contribution in [1.29, 1.82) is 0 Å². The maximum absolute atomic E-state index is 12.5. The first-order chi connectivity index (χ1) is 11.4. The van der Waals surface area contributed by atoms with Gasteiger partial charge in [-0.25, -0.2) is 4.98 Å². The van der Waals surface area contributed by atoms with Crippen LogP contribution in [-0.4, -0.2) is 29.0 Å². The smallest absolute Gasteiger partial charge is 0.306 e. The van der Waals surface area contributed by atoms with Gasteiger partial charge in [0.15, 0.2) is 23.0 Å². The first-order valence-corrected chi connectivity index (χ1v) is 8.39. The van der Waals surface area contributed by atoms with Crippen LogP contribution in [0.1, 0.15) is 35.3 Å². The zero-order valence-corrected chi connectivity index (χ0v) is 14.4. The second-order valence-corrected chi connectivity index (χ2v) is 6.67. The van der Waals surface area contributed by atoms with Crippen molar-refractivity contribution in [1.82, 2.24) is 4.98 Å². The fourth-order valence-corrected chi connectivity index (χ4v) is 3.72. The summed E-state index contributed by atoms with van der Waals surface area (Å²) >= 11 is 1.32. The molecule has 0 fully saturated rings. The normalized spacial score (nSPS) is 12.6. The molecule has 0 saturated carbocycles. The Morgan fingerprint density at radius 1 is 1.42 bits per heavy atom. The number of ether oxygens (including phenoxy) is 1. The van der Waals surface area contributed by atoms with Gasteiger partial charge in [-0.15, -0.1) is 11.3 Å². The van der Waals surface area contributed by atoms with Crippen molar-refractivity contribution < 1.29 is 23.8 Å². The van der Waals surface area contributed by atoms with Gasteiger partial charge in [-0.2, -0.15) is 0 Å². The Labute approximate surface area is 142 Å². The van der Waals surface area contributed by atoms with Gasteiger partial charge in [-0.3, -0.25) is 9.59 Å². The van der Waals surface area contributed by atoms with E-state index in [1.807, 2.05) is 6.07 Å². The van der Waals surface area contributed by atoms with Crippen molar-refractivity contribution in [2.75, 3.05) is 7.11 Å². The van der Waals surface area contributed by atoms with E-state index in [1.54, 1.807) is 27.0 Å². The van der Waals surface area contributed by atoms with Crippen molar-refractivity contribution >= 4 is 44.3 Å². The number of hydrogen-bond donors (Lipinski definition) is 1. The number of fused-ring (bicyclic) bond motifs is 3. The lowest BCUT2D eigenvalue weighted by Crippen LogP contribution is -2.16. The third-order valence-corrected chi connectivity index (χ3v) is 5.13. The topological polar surface area (TPSA) is 89.6 Å². The van der Waals surface area contributed by atoms with Crippen molar-refractivity contribution in [2.24, 2.45) is 5.92 Å². The molecule has 0 spiro atoms. The lowest BCUT2D eigenvalue weighted by Gasteiger charge is -2.06. The molecule has 24 heavy (non-hydrogen) atoms. The van der Waals surface area contributed by atoms with Crippen LogP contribution >= 0.6 is 11.3 Å². The summed E-state index contributed by atoms with van der Waals surface area (Å²) in [6.07, 6.45) is 0.420. The van der Waals surface area contributed by atoms with Gasteiger partial charge in [-0.05, 0) is 12.5 Å². The van der Waals surface area contributed by atoms with Gasteiger partial charge in [0.2, 0.25) is 0 Å². The quantitative estimate of drug-likeness (QED) is 0.677. The van der Waals surface area contributed by atoms with Crippen LogP contribution in [0.25, 0.3) is 21.2 Å². The highest BCUT2D eigenvalue weighted by atomic mass is 32.1. The molecule has 2 aromatic heterocycles. The number of aryl methyl sites for hydroxylation is 1. The predicted octanol–water partition coefficient (Wildman–Crippen LogP) is 4.04. The molecule has 0 saturated heterocycles. The number of ketones is 1. The van der Waals surface area contributed by atoms with Crippen molar-refractivity contribution in [2.45, 2.75) is 26.7 Å². The fourth-order valence-electron chi connectivity index (χ4n) is 2.68. The summed E-state index contributed by atoms with van der Waals surface area (Å²) in [4.78, 5) is 28.5. The number of aliphatic carboxylic acids is 1. The molecule has 3 rings (SSSR count). The Kier molecular flexibility index (Phi) is 4.28. The van der Waals surface area contributed by atoms with Crippen molar-refractivity contribution in [3.8, 4) is 5.75 Å². The highest BCUT2D eigenvalue weighted by Crippen LogP contribution is 2.38. The number of carbonyl (C=O) groups is 2. The monoisotopic (exact) mass is 347 g/mol. The summed E-state index contributed by atoms with van der Waals surface area (Å²) in [5.74, 6) is -0.685. The van der Waals surface area contributed by atoms with Gasteiger partial charge >= 0.3 is 5.97 Å². The summed E-state index contributed by atoms with van der Waals surface area (Å²) in [5.41, 5.74) is 1.21. The number of thiophene rings is 1. The number of rotatable bonds is 6. The summed E-state index contributed by atoms with van der Waals surface area (Å²) in [7, 11) is 1.55. The average Bonchev–Trinajstić information content (AvgIpc) is 3.13. The van der Waals surface area contributed by atoms with E-state index in [4.69, 9.17) is 14.3 Å². The molecule has 126 valence electrons. The van der Waals surface area contributed by atoms with E-state index in [2.05, 4.69) is 4.98 Å². The summed E-state index contributed by atoms with van der Waals surface area (Å²) in [5, 5.41) is 9.95. The molecule has 2 heterocycles. The molecule has 0 radical (unpaired) electrons. The Morgan fingerprint density at radius 3 is 2.79 bits per heavy atom. The first-order valence-electron chi connectivity index (χ1n) is 7.58. The predicted molar refractivity (Wildman–Crippen MR) is 91.0 cm³/mol.